The third-order valence-electron chi connectivity index (χ3n) is 1.18. The summed E-state index contributed by atoms with van der Waals surface area (Å²) in [6.45, 7) is 0. The Bertz CT molecular complexity index is 322. The van der Waals surface area contributed by atoms with Gasteiger partial charge in [-0.1, -0.05) is 0 Å². The fourth-order valence-corrected chi connectivity index (χ4v) is 0.759. The first-order valence-corrected chi connectivity index (χ1v) is 3.17. The first-order valence-electron chi connectivity index (χ1n) is 2.80. The molecule has 5 nitrogen and oxygen atoms in total. The van der Waals surface area contributed by atoms with Gasteiger partial charge in [0.05, 0.1) is 6.07 Å². The van der Waals surface area contributed by atoms with Crippen molar-refractivity contribution in [3.8, 4) is 5.75 Å². The lowest BCUT2D eigenvalue weighted by Crippen LogP contribution is -2.19. The topological polar surface area (TPSA) is 70.1 Å². The van der Waals surface area contributed by atoms with E-state index in [1.54, 1.807) is 0 Å². The molecule has 0 atom stereocenters. The molecule has 1 rings (SSSR count). The van der Waals surface area contributed by atoms with Gasteiger partial charge in [-0.05, 0) is 0 Å². The molecule has 0 saturated heterocycles. The van der Waals surface area contributed by atoms with Gasteiger partial charge in [0, 0.05) is 20.0 Å². The third kappa shape index (κ3) is 1.45. The summed E-state index contributed by atoms with van der Waals surface area (Å²) in [7, 11) is 1.50. The lowest BCUT2D eigenvalue weighted by atomic mass is 10.5. The molecular formula is C5H7N3O2S. The number of aryl methyl sites for hydroxylation is 1. The number of rotatable bonds is 1. The number of thiol groups is 1. The Morgan fingerprint density at radius 1 is 1.82 bits per heavy atom. The largest absolute Gasteiger partial charge is 0.425 e. The quantitative estimate of drug-likeness (QED) is 0.447. The summed E-state index contributed by atoms with van der Waals surface area (Å²) in [6.07, 6.45) is 0. The maximum Gasteiger partial charge on any atom is 0.270 e. The lowest BCUT2D eigenvalue weighted by Gasteiger charge is -2.01. The molecule has 11 heavy (non-hydrogen) atoms. The van der Waals surface area contributed by atoms with E-state index in [0.29, 0.717) is 0 Å². The van der Waals surface area contributed by atoms with Gasteiger partial charge in [0.15, 0.2) is 11.6 Å². The Kier molecular flexibility index (Phi) is 2.04. The molecule has 6 heteroatoms. The summed E-state index contributed by atoms with van der Waals surface area (Å²) >= 11 is 3.49. The Hall–Kier alpha value is -1.17. The van der Waals surface area contributed by atoms with E-state index in [1.807, 2.05) is 0 Å². The van der Waals surface area contributed by atoms with E-state index in [1.165, 1.54) is 13.1 Å². The highest BCUT2D eigenvalue weighted by atomic mass is 32.1. The minimum Gasteiger partial charge on any atom is -0.425 e. The molecule has 0 saturated carbocycles. The summed E-state index contributed by atoms with van der Waals surface area (Å²) in [5.74, 6) is 0.318. The third-order valence-corrected chi connectivity index (χ3v) is 1.38. The first kappa shape index (κ1) is 7.93. The van der Waals surface area contributed by atoms with Crippen molar-refractivity contribution in [3.63, 3.8) is 0 Å². The fourth-order valence-electron chi connectivity index (χ4n) is 0.613. The molecule has 60 valence electrons. The van der Waals surface area contributed by atoms with Crippen molar-refractivity contribution in [2.24, 2.45) is 7.05 Å². The van der Waals surface area contributed by atoms with E-state index in [4.69, 9.17) is 5.73 Å². The molecule has 0 bridgehead atoms. The highest BCUT2D eigenvalue weighted by molar-refractivity contribution is 7.75. The van der Waals surface area contributed by atoms with Crippen molar-refractivity contribution in [2.45, 2.75) is 0 Å². The number of nitrogens with two attached hydrogens (primary N) is 1. The van der Waals surface area contributed by atoms with Crippen LogP contribution in [0.25, 0.3) is 0 Å². The zero-order chi connectivity index (χ0) is 8.43. The van der Waals surface area contributed by atoms with Gasteiger partial charge in [-0.15, -0.1) is 5.10 Å². The number of hydrogen-bond donors (Lipinski definition) is 2. The van der Waals surface area contributed by atoms with Crippen LogP contribution in [0.1, 0.15) is 0 Å². The van der Waals surface area contributed by atoms with Gasteiger partial charge in [0.2, 0.25) is 0 Å². The highest BCUT2D eigenvalue weighted by Crippen LogP contribution is 2.14. The molecule has 1 heterocycles. The van der Waals surface area contributed by atoms with Gasteiger partial charge in [-0.3, -0.25) is 4.79 Å². The van der Waals surface area contributed by atoms with Crippen LogP contribution in [0.4, 0.5) is 5.82 Å². The number of nitrogen functional groups attached to an aromatic ring is 1. The van der Waals surface area contributed by atoms with E-state index in [2.05, 4.69) is 22.2 Å². The van der Waals surface area contributed by atoms with Gasteiger partial charge in [-0.25, -0.2) is 4.68 Å². The standard InChI is InChI=1S/C5H7N3O2S/c1-8-4(9)2-3(10-11)5(6)7-8/h2,11H,1H3,(H2,6,7). The van der Waals surface area contributed by atoms with E-state index >= 15 is 0 Å². The Morgan fingerprint density at radius 2 is 2.45 bits per heavy atom. The van der Waals surface area contributed by atoms with Crippen molar-refractivity contribution >= 4 is 18.7 Å². The molecule has 0 aliphatic carbocycles. The van der Waals surface area contributed by atoms with Gasteiger partial charge in [0.1, 0.15) is 0 Å². The van der Waals surface area contributed by atoms with E-state index < -0.39 is 0 Å². The van der Waals surface area contributed by atoms with Crippen LogP contribution < -0.4 is 15.5 Å². The first-order chi connectivity index (χ1) is 5.15. The number of anilines is 1. The summed E-state index contributed by atoms with van der Waals surface area (Å²) in [6, 6.07) is 1.22. The molecule has 1 aromatic rings. The average Bonchev–Trinajstić information content (AvgIpc) is 1.97. The maximum atomic E-state index is 10.9. The predicted octanol–water partition coefficient (Wildman–Crippen LogP) is -0.414. The number of aromatic nitrogens is 2. The van der Waals surface area contributed by atoms with Crippen LogP contribution in [0.15, 0.2) is 10.9 Å². The molecule has 0 spiro atoms. The lowest BCUT2D eigenvalue weighted by molar-refractivity contribution is 0.627. The summed E-state index contributed by atoms with van der Waals surface area (Å²) in [5, 5.41) is 3.65. The van der Waals surface area contributed by atoms with Crippen molar-refractivity contribution in [1.29, 1.82) is 0 Å². The van der Waals surface area contributed by atoms with Gasteiger partial charge in [0.25, 0.3) is 5.56 Å². The van der Waals surface area contributed by atoms with Crippen LogP contribution in [0.2, 0.25) is 0 Å². The molecular weight excluding hydrogens is 166 g/mol. The summed E-state index contributed by atoms with van der Waals surface area (Å²) < 4.78 is 5.59. The molecule has 2 N–H and O–H groups in total. The van der Waals surface area contributed by atoms with E-state index in [-0.39, 0.29) is 17.1 Å². The van der Waals surface area contributed by atoms with Crippen LogP contribution in [-0.2, 0) is 7.05 Å². The maximum absolute atomic E-state index is 10.9. The van der Waals surface area contributed by atoms with Crippen LogP contribution in [0.3, 0.4) is 0 Å². The van der Waals surface area contributed by atoms with Crippen molar-refractivity contribution in [1.82, 2.24) is 9.78 Å². The minimum atomic E-state index is -0.289. The van der Waals surface area contributed by atoms with Gasteiger partial charge < -0.3 is 9.92 Å². The molecule has 0 radical (unpaired) electrons. The van der Waals surface area contributed by atoms with Crippen LogP contribution >= 0.6 is 12.9 Å². The molecule has 0 aromatic carbocycles. The molecule has 0 aliphatic rings. The molecule has 0 amide bonds. The summed E-state index contributed by atoms with van der Waals surface area (Å²) in [4.78, 5) is 10.9. The van der Waals surface area contributed by atoms with Crippen LogP contribution in [0.5, 0.6) is 5.75 Å². The molecule has 0 fully saturated rings. The second kappa shape index (κ2) is 2.83. The van der Waals surface area contributed by atoms with Gasteiger partial charge >= 0.3 is 0 Å². The van der Waals surface area contributed by atoms with Crippen molar-refractivity contribution in [3.05, 3.63) is 16.4 Å². The summed E-state index contributed by atoms with van der Waals surface area (Å²) in [5.41, 5.74) is 5.07. The van der Waals surface area contributed by atoms with E-state index in [9.17, 15) is 4.79 Å². The van der Waals surface area contributed by atoms with Crippen molar-refractivity contribution in [2.75, 3.05) is 5.73 Å². The fraction of sp³-hybridized carbons (Fsp3) is 0.200. The Balaban J connectivity index is 3.32. The van der Waals surface area contributed by atoms with Crippen molar-refractivity contribution < 1.29 is 4.18 Å². The van der Waals surface area contributed by atoms with Crippen LogP contribution in [-0.4, -0.2) is 9.78 Å². The van der Waals surface area contributed by atoms with Crippen LogP contribution in [0, 0.1) is 0 Å². The SMILES string of the molecule is Cn1nc(N)c(OS)cc1=O. The number of hydrogen-bond acceptors (Lipinski definition) is 5. The predicted molar refractivity (Wildman–Crippen MR) is 43.5 cm³/mol. The smallest absolute Gasteiger partial charge is 0.270 e. The Labute approximate surface area is 68.4 Å². The Morgan fingerprint density at radius 3 is 3.00 bits per heavy atom. The second-order valence-corrected chi connectivity index (χ2v) is 2.13. The minimum absolute atomic E-state index is 0.141. The average molecular weight is 173 g/mol. The monoisotopic (exact) mass is 173 g/mol. The normalized spacial score (nSPS) is 9.64. The second-order valence-electron chi connectivity index (χ2n) is 1.95. The molecule has 0 aliphatic heterocycles. The highest BCUT2D eigenvalue weighted by Gasteiger charge is 2.02. The number of nitrogens with zero attached hydrogens (tertiary/aromatic N) is 2. The van der Waals surface area contributed by atoms with Gasteiger partial charge in [-0.2, -0.15) is 0 Å². The zero-order valence-electron chi connectivity index (χ0n) is 5.81. The molecule has 0 unspecified atom stereocenters. The van der Waals surface area contributed by atoms with E-state index in [0.717, 1.165) is 4.68 Å². The molecule has 1 aromatic heterocycles. The zero-order valence-corrected chi connectivity index (χ0v) is 6.71.